The van der Waals surface area contributed by atoms with Crippen LogP contribution in [0.1, 0.15) is 46.6 Å². The molecular formula is C19H24N6O3. The van der Waals surface area contributed by atoms with Crippen molar-refractivity contribution in [1.29, 1.82) is 0 Å². The first-order valence-electron chi connectivity index (χ1n) is 9.38. The first kappa shape index (κ1) is 18.6. The minimum atomic E-state index is -0.156. The topological polar surface area (TPSA) is 107 Å². The maximum atomic E-state index is 12.8. The molecule has 0 atom stereocenters. The molecule has 0 saturated heterocycles. The number of amides is 1. The summed E-state index contributed by atoms with van der Waals surface area (Å²) in [5.41, 5.74) is 2.05. The van der Waals surface area contributed by atoms with Gasteiger partial charge in [0.2, 0.25) is 0 Å². The van der Waals surface area contributed by atoms with Gasteiger partial charge in [0, 0.05) is 31.8 Å². The Bertz CT molecular complexity index is 989. The summed E-state index contributed by atoms with van der Waals surface area (Å²) in [5, 5.41) is 20.9. The van der Waals surface area contributed by atoms with Crippen molar-refractivity contribution in [2.45, 2.75) is 44.9 Å². The van der Waals surface area contributed by atoms with Crippen molar-refractivity contribution in [1.82, 2.24) is 29.5 Å². The highest BCUT2D eigenvalue weighted by molar-refractivity contribution is 5.94. The number of nitrogens with zero attached hydrogens (tertiary/aromatic N) is 5. The summed E-state index contributed by atoms with van der Waals surface area (Å²) in [5.74, 6) is 1.48. The third kappa shape index (κ3) is 3.27. The lowest BCUT2D eigenvalue weighted by atomic mass is 9.79. The minimum Gasteiger partial charge on any atom is -0.388 e. The van der Waals surface area contributed by atoms with E-state index in [1.54, 1.807) is 7.11 Å². The molecule has 1 aliphatic carbocycles. The van der Waals surface area contributed by atoms with E-state index < -0.39 is 0 Å². The van der Waals surface area contributed by atoms with E-state index in [1.165, 1.54) is 0 Å². The van der Waals surface area contributed by atoms with Gasteiger partial charge in [-0.05, 0) is 31.9 Å². The van der Waals surface area contributed by atoms with Crippen LogP contribution in [0.3, 0.4) is 0 Å². The van der Waals surface area contributed by atoms with Crippen LogP contribution in [0.15, 0.2) is 24.4 Å². The van der Waals surface area contributed by atoms with Gasteiger partial charge in [0.25, 0.3) is 5.91 Å². The molecule has 3 aromatic heterocycles. The van der Waals surface area contributed by atoms with Gasteiger partial charge < -0.3 is 19.7 Å². The van der Waals surface area contributed by atoms with Crippen LogP contribution in [0, 0.1) is 6.92 Å². The number of nitrogens with one attached hydrogen (secondary N) is 1. The van der Waals surface area contributed by atoms with Crippen LogP contribution in [-0.4, -0.2) is 54.9 Å². The summed E-state index contributed by atoms with van der Waals surface area (Å²) in [4.78, 5) is 17.2. The van der Waals surface area contributed by atoms with Crippen molar-refractivity contribution in [3.05, 3.63) is 47.4 Å². The molecule has 0 spiro atoms. The van der Waals surface area contributed by atoms with E-state index in [9.17, 15) is 9.90 Å². The van der Waals surface area contributed by atoms with Gasteiger partial charge in [0.15, 0.2) is 5.82 Å². The third-order valence-electron chi connectivity index (χ3n) is 5.27. The minimum absolute atomic E-state index is 0.0799. The van der Waals surface area contributed by atoms with Crippen molar-refractivity contribution in [3.63, 3.8) is 0 Å². The summed E-state index contributed by atoms with van der Waals surface area (Å²) in [6.45, 7) is 2.82. The summed E-state index contributed by atoms with van der Waals surface area (Å²) in [6, 6.07) is 5.75. The molecule has 3 heterocycles. The van der Waals surface area contributed by atoms with Crippen molar-refractivity contribution in [3.8, 4) is 0 Å². The molecule has 0 aromatic carbocycles. The molecule has 148 valence electrons. The number of fused-ring (bicyclic) bond motifs is 1. The van der Waals surface area contributed by atoms with Gasteiger partial charge >= 0.3 is 0 Å². The lowest BCUT2D eigenvalue weighted by Gasteiger charge is -2.35. The Labute approximate surface area is 162 Å². The number of carbonyl (C=O) groups is 1. The van der Waals surface area contributed by atoms with Gasteiger partial charge in [-0.25, -0.2) is 4.98 Å². The molecule has 4 rings (SSSR count). The first-order chi connectivity index (χ1) is 13.6. The summed E-state index contributed by atoms with van der Waals surface area (Å²) in [6.07, 6.45) is 3.43. The smallest absolute Gasteiger partial charge is 0.270 e. The molecule has 28 heavy (non-hydrogen) atoms. The zero-order valence-electron chi connectivity index (χ0n) is 16.0. The Balaban J connectivity index is 1.43. The van der Waals surface area contributed by atoms with Gasteiger partial charge in [0.1, 0.15) is 23.8 Å². The second-order valence-corrected chi connectivity index (χ2v) is 7.09. The van der Waals surface area contributed by atoms with Crippen LogP contribution in [-0.2, 0) is 17.9 Å². The zero-order chi connectivity index (χ0) is 19.7. The molecule has 1 saturated carbocycles. The van der Waals surface area contributed by atoms with E-state index >= 15 is 0 Å². The normalized spacial score (nSPS) is 19.0. The van der Waals surface area contributed by atoms with E-state index in [1.807, 2.05) is 40.3 Å². The number of imidazole rings is 1. The van der Waals surface area contributed by atoms with Gasteiger partial charge in [-0.15, -0.1) is 10.2 Å². The van der Waals surface area contributed by atoms with Gasteiger partial charge in [-0.3, -0.25) is 9.20 Å². The quantitative estimate of drug-likeness (QED) is 0.631. The predicted octanol–water partition coefficient (Wildman–Crippen LogP) is 1.05. The number of hydrogen-bond acceptors (Lipinski definition) is 6. The monoisotopic (exact) mass is 384 g/mol. The van der Waals surface area contributed by atoms with Crippen LogP contribution in [0.25, 0.3) is 5.65 Å². The number of aromatic nitrogens is 5. The van der Waals surface area contributed by atoms with Crippen LogP contribution in [0.2, 0.25) is 0 Å². The Hall–Kier alpha value is -2.78. The number of methoxy groups -OCH3 is 1. The lowest BCUT2D eigenvalue weighted by Crippen LogP contribution is -2.44. The van der Waals surface area contributed by atoms with Crippen LogP contribution < -0.4 is 5.32 Å². The van der Waals surface area contributed by atoms with Crippen LogP contribution in [0.5, 0.6) is 0 Å². The summed E-state index contributed by atoms with van der Waals surface area (Å²) < 4.78 is 8.87. The van der Waals surface area contributed by atoms with Gasteiger partial charge in [-0.2, -0.15) is 0 Å². The van der Waals surface area contributed by atoms with Gasteiger partial charge in [0.05, 0.1) is 12.3 Å². The lowest BCUT2D eigenvalue weighted by molar-refractivity contribution is 0.0899. The number of ether oxygens (including phenoxy) is 1. The maximum absolute atomic E-state index is 12.8. The molecule has 1 aliphatic rings. The highest BCUT2D eigenvalue weighted by Gasteiger charge is 2.36. The Morgan fingerprint density at radius 2 is 2.18 bits per heavy atom. The van der Waals surface area contributed by atoms with Gasteiger partial charge in [-0.1, -0.05) is 6.07 Å². The van der Waals surface area contributed by atoms with Crippen LogP contribution >= 0.6 is 0 Å². The molecule has 0 radical (unpaired) electrons. The van der Waals surface area contributed by atoms with E-state index in [2.05, 4.69) is 20.5 Å². The average molecular weight is 384 g/mol. The van der Waals surface area contributed by atoms with Crippen molar-refractivity contribution < 1.29 is 14.6 Å². The van der Waals surface area contributed by atoms with Crippen molar-refractivity contribution in [2.24, 2.45) is 0 Å². The van der Waals surface area contributed by atoms with Crippen LogP contribution in [0.4, 0.5) is 0 Å². The number of aryl methyl sites for hydroxylation is 1. The number of aliphatic hydroxyl groups excluding tert-OH is 1. The first-order valence-corrected chi connectivity index (χ1v) is 9.38. The summed E-state index contributed by atoms with van der Waals surface area (Å²) >= 11 is 0. The molecule has 3 aromatic rings. The molecule has 0 unspecified atom stereocenters. The SMILES string of the molecule is COCCn1c(CO)nnc1C1CC(NC(=O)c2c(C)nc3ccccn23)C1. The predicted molar refractivity (Wildman–Crippen MR) is 101 cm³/mol. The molecule has 9 nitrogen and oxygen atoms in total. The Kier molecular flexibility index (Phi) is 5.10. The summed E-state index contributed by atoms with van der Waals surface area (Å²) in [7, 11) is 1.64. The molecule has 1 fully saturated rings. The molecule has 2 N–H and O–H groups in total. The highest BCUT2D eigenvalue weighted by Crippen LogP contribution is 2.36. The highest BCUT2D eigenvalue weighted by atomic mass is 16.5. The fourth-order valence-electron chi connectivity index (χ4n) is 3.78. The fraction of sp³-hybridized carbons (Fsp3) is 0.474. The molecule has 0 bridgehead atoms. The standard InChI is InChI=1S/C19H24N6O3/c1-12-17(24-6-4-3-5-15(24)20-12)19(27)21-14-9-13(10-14)18-23-22-16(11-26)25(18)7-8-28-2/h3-6,13-14,26H,7-11H2,1-2H3,(H,21,27). The number of rotatable bonds is 7. The second kappa shape index (κ2) is 7.69. The Morgan fingerprint density at radius 1 is 1.36 bits per heavy atom. The third-order valence-corrected chi connectivity index (χ3v) is 5.27. The zero-order valence-corrected chi connectivity index (χ0v) is 16.0. The second-order valence-electron chi connectivity index (χ2n) is 7.09. The van der Waals surface area contributed by atoms with Crippen molar-refractivity contribution in [2.75, 3.05) is 13.7 Å². The van der Waals surface area contributed by atoms with Crippen molar-refractivity contribution >= 4 is 11.6 Å². The van der Waals surface area contributed by atoms with E-state index in [4.69, 9.17) is 4.74 Å². The van der Waals surface area contributed by atoms with E-state index in [0.29, 0.717) is 30.4 Å². The van der Waals surface area contributed by atoms with E-state index in [0.717, 1.165) is 24.3 Å². The number of aliphatic hydroxyl groups is 1. The molecule has 1 amide bonds. The van der Waals surface area contributed by atoms with E-state index in [-0.39, 0.29) is 24.5 Å². The number of carbonyl (C=O) groups excluding carboxylic acids is 1. The Morgan fingerprint density at radius 3 is 2.93 bits per heavy atom. The number of pyridine rings is 1. The maximum Gasteiger partial charge on any atom is 0.270 e. The fourth-order valence-corrected chi connectivity index (χ4v) is 3.78. The molecule has 9 heteroatoms. The molecular weight excluding hydrogens is 360 g/mol. The average Bonchev–Trinajstić information content (AvgIpc) is 3.21. The number of hydrogen-bond donors (Lipinski definition) is 2. The molecule has 0 aliphatic heterocycles. The largest absolute Gasteiger partial charge is 0.388 e.